The second-order valence-electron chi connectivity index (χ2n) is 4.56. The monoisotopic (exact) mass is 240 g/mol. The molecule has 0 aromatic rings. The Hall–Kier alpha value is -1.13. The first kappa shape index (κ1) is 13.9. The zero-order valence-corrected chi connectivity index (χ0v) is 10.7. The van der Waals surface area contributed by atoms with Crippen LogP contribution in [0.1, 0.15) is 20.8 Å². The molecule has 0 saturated carbocycles. The molecular weight excluding hydrogens is 220 g/mol. The molecule has 17 heavy (non-hydrogen) atoms. The minimum absolute atomic E-state index is 0.294. The predicted octanol–water partition coefficient (Wildman–Crippen LogP) is 1.85. The van der Waals surface area contributed by atoms with Crippen molar-refractivity contribution in [2.75, 3.05) is 13.2 Å². The summed E-state index contributed by atoms with van der Waals surface area (Å²) in [6.45, 7) is 13.7. The van der Waals surface area contributed by atoms with Crippen LogP contribution >= 0.6 is 0 Å². The molecule has 96 valence electrons. The van der Waals surface area contributed by atoms with Crippen molar-refractivity contribution < 1.29 is 19.0 Å². The summed E-state index contributed by atoms with van der Waals surface area (Å²) < 4.78 is 16.2. The summed E-state index contributed by atoms with van der Waals surface area (Å²) in [6.07, 6.45) is -1.34. The van der Waals surface area contributed by atoms with Crippen LogP contribution in [0.25, 0.3) is 0 Å². The third-order valence-corrected chi connectivity index (χ3v) is 2.33. The van der Waals surface area contributed by atoms with E-state index < -0.39 is 6.10 Å². The quantitative estimate of drug-likeness (QED) is 0.525. The van der Waals surface area contributed by atoms with Crippen molar-refractivity contribution in [3.8, 4) is 0 Å². The molecule has 4 nitrogen and oxygen atoms in total. The van der Waals surface area contributed by atoms with Gasteiger partial charge in [0, 0.05) is 0 Å². The van der Waals surface area contributed by atoms with E-state index >= 15 is 0 Å². The number of esters is 1. The van der Waals surface area contributed by atoms with E-state index in [2.05, 4.69) is 13.2 Å². The lowest BCUT2D eigenvalue weighted by molar-refractivity contribution is -0.149. The van der Waals surface area contributed by atoms with Gasteiger partial charge in [0.1, 0.15) is 12.2 Å². The number of carbonyl (C=O) groups excluding carboxylic acids is 1. The van der Waals surface area contributed by atoms with Gasteiger partial charge in [0.25, 0.3) is 0 Å². The molecule has 0 bridgehead atoms. The lowest BCUT2D eigenvalue weighted by Gasteiger charge is -2.19. The van der Waals surface area contributed by atoms with Crippen molar-refractivity contribution in [2.45, 2.75) is 39.1 Å². The molecule has 1 fully saturated rings. The Kier molecular flexibility index (Phi) is 4.90. The predicted molar refractivity (Wildman–Crippen MR) is 64.7 cm³/mol. The van der Waals surface area contributed by atoms with Crippen LogP contribution in [0, 0.1) is 0 Å². The number of ether oxygens (including phenoxy) is 3. The molecule has 1 saturated heterocycles. The molecule has 1 aliphatic heterocycles. The summed E-state index contributed by atoms with van der Waals surface area (Å²) in [6, 6.07) is 0. The second-order valence-corrected chi connectivity index (χ2v) is 4.56. The average Bonchev–Trinajstić information content (AvgIpc) is 2.47. The molecule has 0 spiro atoms. The second kappa shape index (κ2) is 5.98. The molecule has 0 aromatic carbocycles. The summed E-state index contributed by atoms with van der Waals surface area (Å²) >= 11 is 0. The number of carbonyl (C=O) groups is 1. The van der Waals surface area contributed by atoms with Gasteiger partial charge in [-0.2, -0.15) is 0 Å². The van der Waals surface area contributed by atoms with Gasteiger partial charge in [0.05, 0.1) is 13.2 Å². The highest BCUT2D eigenvalue weighted by Crippen LogP contribution is 2.22. The fourth-order valence-electron chi connectivity index (χ4n) is 1.55. The maximum atomic E-state index is 11.6. The molecule has 1 aliphatic rings. The highest BCUT2D eigenvalue weighted by Gasteiger charge is 2.44. The fraction of sp³-hybridized carbons (Fsp3) is 0.615. The van der Waals surface area contributed by atoms with Crippen LogP contribution in [0.5, 0.6) is 0 Å². The minimum atomic E-state index is -0.666. The van der Waals surface area contributed by atoms with Gasteiger partial charge in [-0.05, 0) is 20.8 Å². The topological polar surface area (TPSA) is 44.8 Å². The highest BCUT2D eigenvalue weighted by molar-refractivity contribution is 5.78. The van der Waals surface area contributed by atoms with Gasteiger partial charge in [-0.1, -0.05) is 24.3 Å². The summed E-state index contributed by atoms with van der Waals surface area (Å²) in [5.41, 5.74) is 1.76. The van der Waals surface area contributed by atoms with Crippen LogP contribution in [-0.2, 0) is 19.0 Å². The number of hydrogen-bond donors (Lipinski definition) is 0. The first-order valence-electron chi connectivity index (χ1n) is 5.64. The van der Waals surface area contributed by atoms with Crippen molar-refractivity contribution in [2.24, 2.45) is 0 Å². The standard InChI is InChI=1S/C13H20O4/c1-8(2)6-15-11-10(5)17-13(14)12(11)16-7-9(3)4/h10-12H,1,3,6-7H2,2,4-5H3/t10-,11-,12?/m0/s1. The molecule has 1 heterocycles. The van der Waals surface area contributed by atoms with E-state index in [1.807, 2.05) is 13.8 Å². The fourth-order valence-corrected chi connectivity index (χ4v) is 1.55. The van der Waals surface area contributed by atoms with Gasteiger partial charge in [0.2, 0.25) is 0 Å². The van der Waals surface area contributed by atoms with E-state index in [9.17, 15) is 4.79 Å². The highest BCUT2D eigenvalue weighted by atomic mass is 16.6. The van der Waals surface area contributed by atoms with E-state index in [4.69, 9.17) is 14.2 Å². The summed E-state index contributed by atoms with van der Waals surface area (Å²) in [5.74, 6) is -0.370. The average molecular weight is 240 g/mol. The van der Waals surface area contributed by atoms with Gasteiger partial charge in [-0.15, -0.1) is 0 Å². The van der Waals surface area contributed by atoms with Gasteiger partial charge in [-0.3, -0.25) is 0 Å². The van der Waals surface area contributed by atoms with Crippen LogP contribution in [0.3, 0.4) is 0 Å². The number of rotatable bonds is 6. The Balaban J connectivity index is 2.59. The summed E-state index contributed by atoms with van der Waals surface area (Å²) in [7, 11) is 0. The van der Waals surface area contributed by atoms with Gasteiger partial charge < -0.3 is 14.2 Å². The van der Waals surface area contributed by atoms with E-state index in [1.54, 1.807) is 6.92 Å². The third-order valence-electron chi connectivity index (χ3n) is 2.33. The molecule has 0 aromatic heterocycles. The number of hydrogen-bond acceptors (Lipinski definition) is 4. The molecule has 3 atom stereocenters. The van der Waals surface area contributed by atoms with Crippen molar-refractivity contribution >= 4 is 5.97 Å². The summed E-state index contributed by atoms with van der Waals surface area (Å²) in [5, 5.41) is 0. The van der Waals surface area contributed by atoms with E-state index in [0.717, 1.165) is 11.1 Å². The first-order valence-corrected chi connectivity index (χ1v) is 5.64. The molecule has 0 aliphatic carbocycles. The molecule has 0 amide bonds. The summed E-state index contributed by atoms with van der Waals surface area (Å²) in [4.78, 5) is 11.6. The Bertz CT molecular complexity index is 321. The normalized spacial score (nSPS) is 27.9. The van der Waals surface area contributed by atoms with E-state index in [1.165, 1.54) is 0 Å². The Morgan fingerprint density at radius 3 is 2.29 bits per heavy atom. The molecule has 1 unspecified atom stereocenters. The molecule has 1 rings (SSSR count). The Morgan fingerprint density at radius 2 is 1.76 bits per heavy atom. The molecule has 4 heteroatoms. The van der Waals surface area contributed by atoms with Crippen LogP contribution < -0.4 is 0 Å². The van der Waals surface area contributed by atoms with Crippen LogP contribution in [0.15, 0.2) is 24.3 Å². The van der Waals surface area contributed by atoms with Crippen LogP contribution in [-0.4, -0.2) is 37.5 Å². The smallest absolute Gasteiger partial charge is 0.338 e. The largest absolute Gasteiger partial charge is 0.458 e. The SMILES string of the molecule is C=C(C)COC1C(=O)O[C@@H](C)[C@@H]1OCC(=C)C. The van der Waals surface area contributed by atoms with Crippen molar-refractivity contribution in [1.82, 2.24) is 0 Å². The van der Waals surface area contributed by atoms with E-state index in [0.29, 0.717) is 13.2 Å². The Morgan fingerprint density at radius 1 is 1.24 bits per heavy atom. The van der Waals surface area contributed by atoms with Crippen LogP contribution in [0.2, 0.25) is 0 Å². The van der Waals surface area contributed by atoms with Crippen molar-refractivity contribution in [3.63, 3.8) is 0 Å². The van der Waals surface area contributed by atoms with Crippen LogP contribution in [0.4, 0.5) is 0 Å². The maximum Gasteiger partial charge on any atom is 0.338 e. The first-order chi connectivity index (χ1) is 7.91. The lowest BCUT2D eigenvalue weighted by atomic mass is 10.1. The zero-order valence-electron chi connectivity index (χ0n) is 10.7. The zero-order chi connectivity index (χ0) is 13.0. The Labute approximate surface area is 102 Å². The van der Waals surface area contributed by atoms with E-state index in [-0.39, 0.29) is 18.2 Å². The minimum Gasteiger partial charge on any atom is -0.458 e. The molecule has 0 N–H and O–H groups in total. The number of cyclic esters (lactones) is 1. The molecule has 0 radical (unpaired) electrons. The molecular formula is C13H20O4. The lowest BCUT2D eigenvalue weighted by Crippen LogP contribution is -2.36. The van der Waals surface area contributed by atoms with Crippen molar-refractivity contribution in [1.29, 1.82) is 0 Å². The third kappa shape index (κ3) is 3.98. The van der Waals surface area contributed by atoms with Gasteiger partial charge in [0.15, 0.2) is 6.10 Å². The van der Waals surface area contributed by atoms with Gasteiger partial charge >= 0.3 is 5.97 Å². The maximum absolute atomic E-state index is 11.6. The van der Waals surface area contributed by atoms with Gasteiger partial charge in [-0.25, -0.2) is 4.79 Å². The van der Waals surface area contributed by atoms with Crippen molar-refractivity contribution in [3.05, 3.63) is 24.3 Å².